The molecule has 11 heavy (non-hydrogen) atoms. The molecule has 0 bridgehead atoms. The zero-order valence-electron chi connectivity index (χ0n) is 6.25. The van der Waals surface area contributed by atoms with Gasteiger partial charge in [0.05, 0.1) is 0 Å². The lowest BCUT2D eigenvalue weighted by Crippen LogP contribution is -2.05. The summed E-state index contributed by atoms with van der Waals surface area (Å²) in [4.78, 5) is 4.01. The van der Waals surface area contributed by atoms with Crippen LogP contribution in [0.5, 0.6) is 0 Å². The normalized spacial score (nSPS) is 21.7. The van der Waals surface area contributed by atoms with Gasteiger partial charge in [-0.15, -0.1) is 0 Å². The largest absolute Gasteiger partial charge is 0.383 e. The van der Waals surface area contributed by atoms with E-state index in [1.54, 1.807) is 6.20 Å². The Morgan fingerprint density at radius 2 is 2.36 bits per heavy atom. The van der Waals surface area contributed by atoms with Crippen molar-refractivity contribution in [2.75, 3.05) is 5.73 Å². The van der Waals surface area contributed by atoms with Crippen LogP contribution in [0.3, 0.4) is 0 Å². The van der Waals surface area contributed by atoms with Crippen LogP contribution in [-0.2, 0) is 6.42 Å². The Morgan fingerprint density at radius 1 is 1.55 bits per heavy atom. The maximum Gasteiger partial charge on any atom is 0.126 e. The Morgan fingerprint density at radius 3 is 3.09 bits per heavy atom. The molecule has 1 aromatic rings. The second kappa shape index (κ2) is 2.20. The lowest BCUT2D eigenvalue weighted by molar-refractivity contribution is 0.713. The first-order chi connectivity index (χ1) is 5.29. The summed E-state index contributed by atoms with van der Waals surface area (Å²) in [5.41, 5.74) is 13.8. The zero-order valence-corrected chi connectivity index (χ0v) is 6.25. The van der Waals surface area contributed by atoms with Gasteiger partial charge in [-0.1, -0.05) is 0 Å². The smallest absolute Gasteiger partial charge is 0.126 e. The first-order valence-electron chi connectivity index (χ1n) is 3.78. The molecule has 0 saturated heterocycles. The third kappa shape index (κ3) is 0.886. The predicted octanol–water partition coefficient (Wildman–Crippen LogP) is 0.610. The summed E-state index contributed by atoms with van der Waals surface area (Å²) in [6.07, 6.45) is 3.71. The number of nitrogens with zero attached hydrogens (tertiary/aromatic N) is 1. The SMILES string of the molecule is Nc1nccc2c1CC[C@@H]2N. The van der Waals surface area contributed by atoms with Crippen LogP contribution < -0.4 is 11.5 Å². The van der Waals surface area contributed by atoms with Gasteiger partial charge in [0.2, 0.25) is 0 Å². The van der Waals surface area contributed by atoms with Crippen molar-refractivity contribution < 1.29 is 0 Å². The Kier molecular flexibility index (Phi) is 1.32. The number of hydrogen-bond donors (Lipinski definition) is 2. The summed E-state index contributed by atoms with van der Waals surface area (Å²) >= 11 is 0. The standard InChI is InChI=1S/C8H11N3/c9-7-2-1-6-5(7)3-4-11-8(6)10/h3-4,7H,1-2,9H2,(H2,10,11)/t7-/m0/s1. The molecule has 1 aromatic heterocycles. The summed E-state index contributed by atoms with van der Waals surface area (Å²) in [5, 5.41) is 0. The van der Waals surface area contributed by atoms with E-state index in [4.69, 9.17) is 11.5 Å². The highest BCUT2D eigenvalue weighted by atomic mass is 14.8. The van der Waals surface area contributed by atoms with Crippen molar-refractivity contribution in [2.24, 2.45) is 5.73 Å². The third-order valence-electron chi connectivity index (χ3n) is 2.23. The van der Waals surface area contributed by atoms with Gasteiger partial charge in [-0.2, -0.15) is 0 Å². The van der Waals surface area contributed by atoms with E-state index in [1.807, 2.05) is 6.07 Å². The molecular weight excluding hydrogens is 138 g/mol. The van der Waals surface area contributed by atoms with Crippen molar-refractivity contribution in [3.8, 4) is 0 Å². The van der Waals surface area contributed by atoms with Crippen LogP contribution in [0.2, 0.25) is 0 Å². The molecule has 1 aliphatic rings. The number of nitrogens with two attached hydrogens (primary N) is 2. The van der Waals surface area contributed by atoms with Gasteiger partial charge in [0, 0.05) is 12.2 Å². The average Bonchev–Trinajstić information content (AvgIpc) is 2.35. The molecular formula is C8H11N3. The number of anilines is 1. The number of fused-ring (bicyclic) bond motifs is 1. The highest BCUT2D eigenvalue weighted by molar-refractivity contribution is 5.48. The van der Waals surface area contributed by atoms with Crippen LogP contribution in [0.1, 0.15) is 23.6 Å². The lowest BCUT2D eigenvalue weighted by Gasteiger charge is -2.04. The van der Waals surface area contributed by atoms with Crippen molar-refractivity contribution in [1.82, 2.24) is 4.98 Å². The Hall–Kier alpha value is -1.09. The van der Waals surface area contributed by atoms with Crippen LogP contribution >= 0.6 is 0 Å². The van der Waals surface area contributed by atoms with E-state index in [0.29, 0.717) is 5.82 Å². The average molecular weight is 149 g/mol. The van der Waals surface area contributed by atoms with Gasteiger partial charge in [-0.05, 0) is 30.0 Å². The lowest BCUT2D eigenvalue weighted by atomic mass is 10.1. The fourth-order valence-electron chi connectivity index (χ4n) is 1.60. The maximum atomic E-state index is 5.83. The maximum absolute atomic E-state index is 5.83. The number of aromatic nitrogens is 1. The molecule has 4 N–H and O–H groups in total. The molecule has 1 atom stereocenters. The minimum atomic E-state index is 0.176. The highest BCUT2D eigenvalue weighted by Crippen LogP contribution is 2.31. The highest BCUT2D eigenvalue weighted by Gasteiger charge is 2.20. The molecule has 0 aromatic carbocycles. The van der Waals surface area contributed by atoms with Gasteiger partial charge in [0.15, 0.2) is 0 Å². The van der Waals surface area contributed by atoms with Crippen molar-refractivity contribution in [1.29, 1.82) is 0 Å². The van der Waals surface area contributed by atoms with E-state index in [9.17, 15) is 0 Å². The van der Waals surface area contributed by atoms with Crippen molar-refractivity contribution >= 4 is 5.82 Å². The van der Waals surface area contributed by atoms with Gasteiger partial charge >= 0.3 is 0 Å². The van der Waals surface area contributed by atoms with E-state index in [0.717, 1.165) is 18.4 Å². The molecule has 0 fully saturated rings. The molecule has 2 rings (SSSR count). The molecule has 1 heterocycles. The van der Waals surface area contributed by atoms with Crippen LogP contribution in [0.25, 0.3) is 0 Å². The molecule has 1 aliphatic carbocycles. The second-order valence-electron chi connectivity index (χ2n) is 2.91. The summed E-state index contributed by atoms with van der Waals surface area (Å²) in [7, 11) is 0. The molecule has 0 saturated carbocycles. The van der Waals surface area contributed by atoms with Crippen molar-refractivity contribution in [2.45, 2.75) is 18.9 Å². The fourth-order valence-corrected chi connectivity index (χ4v) is 1.60. The molecule has 0 aliphatic heterocycles. The Bertz CT molecular complexity index is 283. The van der Waals surface area contributed by atoms with Crippen LogP contribution in [0.4, 0.5) is 5.82 Å². The van der Waals surface area contributed by atoms with Crippen LogP contribution in [0, 0.1) is 0 Å². The molecule has 0 amide bonds. The van der Waals surface area contributed by atoms with Gasteiger partial charge in [0.1, 0.15) is 5.82 Å². The Balaban J connectivity index is 2.57. The van der Waals surface area contributed by atoms with Crippen molar-refractivity contribution in [3.63, 3.8) is 0 Å². The van der Waals surface area contributed by atoms with E-state index < -0.39 is 0 Å². The fraction of sp³-hybridized carbons (Fsp3) is 0.375. The second-order valence-corrected chi connectivity index (χ2v) is 2.91. The summed E-state index contributed by atoms with van der Waals surface area (Å²) in [6.45, 7) is 0. The monoisotopic (exact) mass is 149 g/mol. The number of nitrogen functional groups attached to an aromatic ring is 1. The predicted molar refractivity (Wildman–Crippen MR) is 43.9 cm³/mol. The minimum Gasteiger partial charge on any atom is -0.383 e. The van der Waals surface area contributed by atoms with Gasteiger partial charge in [-0.3, -0.25) is 0 Å². The molecule has 0 radical (unpaired) electrons. The first kappa shape index (κ1) is 6.61. The van der Waals surface area contributed by atoms with E-state index >= 15 is 0 Å². The topological polar surface area (TPSA) is 64.9 Å². The van der Waals surface area contributed by atoms with Gasteiger partial charge < -0.3 is 11.5 Å². The molecule has 3 nitrogen and oxygen atoms in total. The minimum absolute atomic E-state index is 0.176. The molecule has 0 unspecified atom stereocenters. The first-order valence-corrected chi connectivity index (χ1v) is 3.78. The quantitative estimate of drug-likeness (QED) is 0.568. The van der Waals surface area contributed by atoms with Crippen molar-refractivity contribution in [3.05, 3.63) is 23.4 Å². The van der Waals surface area contributed by atoms with Crippen LogP contribution in [-0.4, -0.2) is 4.98 Å². The Labute approximate surface area is 65.4 Å². The summed E-state index contributed by atoms with van der Waals surface area (Å²) < 4.78 is 0. The third-order valence-corrected chi connectivity index (χ3v) is 2.23. The number of rotatable bonds is 0. The molecule has 3 heteroatoms. The zero-order chi connectivity index (χ0) is 7.84. The van der Waals surface area contributed by atoms with E-state index in [-0.39, 0.29) is 6.04 Å². The van der Waals surface area contributed by atoms with E-state index in [1.165, 1.54) is 5.56 Å². The van der Waals surface area contributed by atoms with Crippen LogP contribution in [0.15, 0.2) is 12.3 Å². The van der Waals surface area contributed by atoms with Gasteiger partial charge in [0.25, 0.3) is 0 Å². The summed E-state index contributed by atoms with van der Waals surface area (Å²) in [6, 6.07) is 2.14. The molecule has 58 valence electrons. The van der Waals surface area contributed by atoms with Gasteiger partial charge in [-0.25, -0.2) is 4.98 Å². The van der Waals surface area contributed by atoms with E-state index in [2.05, 4.69) is 4.98 Å². The molecule has 0 spiro atoms. The summed E-state index contributed by atoms with van der Waals surface area (Å²) in [5.74, 6) is 0.649. The number of hydrogen-bond acceptors (Lipinski definition) is 3. The number of pyridine rings is 1.